The third kappa shape index (κ3) is 2.89. The first-order valence-electron chi connectivity index (χ1n) is 7.56. The molecule has 1 aromatic heterocycles. The first-order valence-corrected chi connectivity index (χ1v) is 7.56. The van der Waals surface area contributed by atoms with Gasteiger partial charge in [0.1, 0.15) is 11.5 Å². The van der Waals surface area contributed by atoms with Crippen molar-refractivity contribution in [1.82, 2.24) is 4.98 Å². The third-order valence-corrected chi connectivity index (χ3v) is 3.45. The van der Waals surface area contributed by atoms with E-state index in [1.54, 1.807) is 0 Å². The zero-order chi connectivity index (χ0) is 15.4. The van der Waals surface area contributed by atoms with Gasteiger partial charge in [0.05, 0.1) is 18.9 Å². The van der Waals surface area contributed by atoms with Gasteiger partial charge in [0.2, 0.25) is 0 Å². The van der Waals surface area contributed by atoms with Crippen molar-refractivity contribution in [2.24, 2.45) is 0 Å². The fourth-order valence-corrected chi connectivity index (χ4v) is 2.56. The van der Waals surface area contributed by atoms with Crippen LogP contribution in [0, 0.1) is 0 Å². The summed E-state index contributed by atoms with van der Waals surface area (Å²) in [5, 5.41) is 2.30. The molecule has 0 spiro atoms. The summed E-state index contributed by atoms with van der Waals surface area (Å²) in [6.07, 6.45) is 1.84. The zero-order valence-electron chi connectivity index (χ0n) is 12.9. The van der Waals surface area contributed by atoms with Gasteiger partial charge < -0.3 is 9.47 Å². The highest BCUT2D eigenvalue weighted by molar-refractivity contribution is 5.94. The molecule has 0 aliphatic rings. The average molecular weight is 293 g/mol. The first-order chi connectivity index (χ1) is 10.8. The molecular formula is C19H19NO2. The molecule has 22 heavy (non-hydrogen) atoms. The molecular weight excluding hydrogens is 274 g/mol. The predicted octanol–water partition coefficient (Wildman–Crippen LogP) is 4.70. The monoisotopic (exact) mass is 293 g/mol. The van der Waals surface area contributed by atoms with E-state index in [9.17, 15) is 0 Å². The van der Waals surface area contributed by atoms with Gasteiger partial charge in [-0.15, -0.1) is 0 Å². The molecule has 0 aliphatic heterocycles. The molecule has 3 nitrogen and oxygen atoms in total. The van der Waals surface area contributed by atoms with Crippen molar-refractivity contribution >= 4 is 10.8 Å². The predicted molar refractivity (Wildman–Crippen MR) is 89.5 cm³/mol. The van der Waals surface area contributed by atoms with Crippen molar-refractivity contribution in [3.05, 3.63) is 54.7 Å². The number of nitrogens with zero attached hydrogens (tertiary/aromatic N) is 1. The second-order valence-corrected chi connectivity index (χ2v) is 4.94. The fraction of sp³-hybridized carbons (Fsp3) is 0.211. The van der Waals surface area contributed by atoms with Crippen LogP contribution in [0.1, 0.15) is 13.8 Å². The van der Waals surface area contributed by atoms with Crippen molar-refractivity contribution in [2.45, 2.75) is 13.8 Å². The molecule has 0 saturated carbocycles. The van der Waals surface area contributed by atoms with Crippen LogP contribution in [0.3, 0.4) is 0 Å². The summed E-state index contributed by atoms with van der Waals surface area (Å²) in [4.78, 5) is 4.57. The number of hydrogen-bond donors (Lipinski definition) is 0. The molecule has 3 heteroatoms. The number of pyridine rings is 1. The summed E-state index contributed by atoms with van der Waals surface area (Å²) in [6, 6.07) is 16.2. The van der Waals surface area contributed by atoms with E-state index in [1.165, 1.54) is 5.39 Å². The lowest BCUT2D eigenvalue weighted by atomic mass is 10.0. The van der Waals surface area contributed by atoms with Gasteiger partial charge in [-0.25, -0.2) is 0 Å². The normalized spacial score (nSPS) is 10.6. The second kappa shape index (κ2) is 6.48. The van der Waals surface area contributed by atoms with Crippen molar-refractivity contribution in [2.75, 3.05) is 13.2 Å². The van der Waals surface area contributed by atoms with Crippen molar-refractivity contribution < 1.29 is 9.47 Å². The molecule has 0 unspecified atom stereocenters. The Bertz CT molecular complexity index is 754. The molecule has 1 heterocycles. The lowest BCUT2D eigenvalue weighted by Crippen LogP contribution is -1.96. The fourth-order valence-electron chi connectivity index (χ4n) is 2.56. The minimum atomic E-state index is 0.623. The van der Waals surface area contributed by atoms with E-state index in [4.69, 9.17) is 9.47 Å². The number of fused-ring (bicyclic) bond motifs is 1. The Morgan fingerprint density at radius 3 is 2.23 bits per heavy atom. The summed E-state index contributed by atoms with van der Waals surface area (Å²) in [5.41, 5.74) is 1.95. The molecule has 0 aliphatic carbocycles. The zero-order valence-corrected chi connectivity index (χ0v) is 12.9. The van der Waals surface area contributed by atoms with Crippen LogP contribution in [0.4, 0.5) is 0 Å². The summed E-state index contributed by atoms with van der Waals surface area (Å²) in [7, 11) is 0. The Labute approximate surface area is 130 Å². The van der Waals surface area contributed by atoms with Crippen molar-refractivity contribution in [3.8, 4) is 22.8 Å². The van der Waals surface area contributed by atoms with Crippen molar-refractivity contribution in [3.63, 3.8) is 0 Å². The van der Waals surface area contributed by atoms with Crippen LogP contribution < -0.4 is 9.47 Å². The van der Waals surface area contributed by atoms with E-state index in [1.807, 2.05) is 56.4 Å². The van der Waals surface area contributed by atoms with Gasteiger partial charge in [-0.2, -0.15) is 0 Å². The number of aromatic nitrogens is 1. The highest BCUT2D eigenvalue weighted by atomic mass is 16.5. The standard InChI is InChI=1S/C19H19NO2/c1-3-21-16-11-15(12-17(13-16)22-4-2)19-18-8-6-5-7-14(18)9-10-20-19/h5-13H,3-4H2,1-2H3. The number of ether oxygens (including phenoxy) is 2. The first kappa shape index (κ1) is 14.4. The summed E-state index contributed by atoms with van der Waals surface area (Å²) in [6.45, 7) is 5.20. The Balaban J connectivity index is 2.16. The minimum Gasteiger partial charge on any atom is -0.494 e. The molecule has 3 rings (SSSR count). The van der Waals surface area contributed by atoms with E-state index in [0.717, 1.165) is 28.1 Å². The van der Waals surface area contributed by atoms with Gasteiger partial charge in [-0.1, -0.05) is 24.3 Å². The SMILES string of the molecule is CCOc1cc(OCC)cc(-c2nccc3ccccc23)c1. The number of hydrogen-bond acceptors (Lipinski definition) is 3. The Morgan fingerprint density at radius 2 is 1.55 bits per heavy atom. The Hall–Kier alpha value is -2.55. The van der Waals surface area contributed by atoms with Crippen LogP contribution >= 0.6 is 0 Å². The number of rotatable bonds is 5. The van der Waals surface area contributed by atoms with E-state index >= 15 is 0 Å². The quantitative estimate of drug-likeness (QED) is 0.683. The topological polar surface area (TPSA) is 31.4 Å². The van der Waals surface area contributed by atoms with E-state index < -0.39 is 0 Å². The van der Waals surface area contributed by atoms with Gasteiger partial charge in [0.15, 0.2) is 0 Å². The van der Waals surface area contributed by atoms with E-state index in [-0.39, 0.29) is 0 Å². The maximum Gasteiger partial charge on any atom is 0.123 e. The maximum absolute atomic E-state index is 5.66. The molecule has 0 N–H and O–H groups in total. The summed E-state index contributed by atoms with van der Waals surface area (Å²) in [5.74, 6) is 1.61. The van der Waals surface area contributed by atoms with E-state index in [2.05, 4.69) is 17.1 Å². The van der Waals surface area contributed by atoms with Crippen LogP contribution in [-0.2, 0) is 0 Å². The second-order valence-electron chi connectivity index (χ2n) is 4.94. The molecule has 112 valence electrons. The van der Waals surface area contributed by atoms with Crippen LogP contribution in [-0.4, -0.2) is 18.2 Å². The largest absolute Gasteiger partial charge is 0.494 e. The minimum absolute atomic E-state index is 0.623. The molecule has 0 atom stereocenters. The summed E-state index contributed by atoms with van der Waals surface area (Å²) < 4.78 is 11.3. The van der Waals surface area contributed by atoms with Gasteiger partial charge in [0, 0.05) is 23.2 Å². The van der Waals surface area contributed by atoms with Gasteiger partial charge >= 0.3 is 0 Å². The molecule has 2 aromatic carbocycles. The molecule has 0 fully saturated rings. The molecule has 0 saturated heterocycles. The highest BCUT2D eigenvalue weighted by Gasteiger charge is 2.09. The van der Waals surface area contributed by atoms with Crippen molar-refractivity contribution in [1.29, 1.82) is 0 Å². The van der Waals surface area contributed by atoms with Gasteiger partial charge in [-0.05, 0) is 37.4 Å². The van der Waals surface area contributed by atoms with Crippen LogP contribution in [0.25, 0.3) is 22.0 Å². The molecule has 0 bridgehead atoms. The van der Waals surface area contributed by atoms with Crippen LogP contribution in [0.2, 0.25) is 0 Å². The Kier molecular flexibility index (Phi) is 4.24. The Morgan fingerprint density at radius 1 is 0.864 bits per heavy atom. The lowest BCUT2D eigenvalue weighted by molar-refractivity contribution is 0.323. The summed E-state index contributed by atoms with van der Waals surface area (Å²) >= 11 is 0. The molecule has 0 amide bonds. The highest BCUT2D eigenvalue weighted by Crippen LogP contribution is 2.32. The van der Waals surface area contributed by atoms with Gasteiger partial charge in [0.25, 0.3) is 0 Å². The van der Waals surface area contributed by atoms with Crippen LogP contribution in [0.15, 0.2) is 54.7 Å². The smallest absolute Gasteiger partial charge is 0.123 e. The lowest BCUT2D eigenvalue weighted by Gasteiger charge is -2.12. The van der Waals surface area contributed by atoms with E-state index in [0.29, 0.717) is 13.2 Å². The molecule has 0 radical (unpaired) electrons. The van der Waals surface area contributed by atoms with Crippen LogP contribution in [0.5, 0.6) is 11.5 Å². The number of benzene rings is 2. The van der Waals surface area contributed by atoms with Gasteiger partial charge in [-0.3, -0.25) is 4.98 Å². The average Bonchev–Trinajstić information content (AvgIpc) is 2.55. The third-order valence-electron chi connectivity index (χ3n) is 3.45. The maximum atomic E-state index is 5.66. The molecule has 3 aromatic rings.